The third-order valence-corrected chi connectivity index (χ3v) is 3.68. The minimum absolute atomic E-state index is 0.0848. The molecule has 114 valence electrons. The molecule has 0 amide bonds. The van der Waals surface area contributed by atoms with Crippen LogP contribution >= 0.6 is 0 Å². The number of hydrogen-bond donors (Lipinski definition) is 0. The quantitative estimate of drug-likeness (QED) is 0.563. The predicted molar refractivity (Wildman–Crippen MR) is 79.1 cm³/mol. The molecule has 0 spiro atoms. The van der Waals surface area contributed by atoms with Gasteiger partial charge in [0.05, 0.1) is 18.6 Å². The van der Waals surface area contributed by atoms with Crippen LogP contribution in [0.3, 0.4) is 0 Å². The third kappa shape index (κ3) is 5.94. The van der Waals surface area contributed by atoms with E-state index in [0.717, 1.165) is 19.3 Å². The van der Waals surface area contributed by atoms with Gasteiger partial charge in [0, 0.05) is 6.61 Å². The average molecular weight is 272 g/mol. The lowest BCUT2D eigenvalue weighted by Gasteiger charge is -2.35. The molecule has 0 heterocycles. The lowest BCUT2D eigenvalue weighted by Crippen LogP contribution is -2.42. The van der Waals surface area contributed by atoms with Gasteiger partial charge in [0.15, 0.2) is 0 Å². The Morgan fingerprint density at radius 3 is 2.21 bits per heavy atom. The first kappa shape index (κ1) is 18.4. The Labute approximate surface area is 119 Å². The lowest BCUT2D eigenvalue weighted by molar-refractivity contribution is -0.165. The van der Waals surface area contributed by atoms with Crippen LogP contribution in [0.4, 0.5) is 0 Å². The molecule has 0 fully saturated rings. The summed E-state index contributed by atoms with van der Waals surface area (Å²) in [4.78, 5) is 12.5. The molecular weight excluding hydrogens is 240 g/mol. The Bertz CT molecular complexity index is 248. The number of esters is 1. The van der Waals surface area contributed by atoms with Gasteiger partial charge in [-0.25, -0.2) is 0 Å². The summed E-state index contributed by atoms with van der Waals surface area (Å²) in [5, 5.41) is 0. The SMILES string of the molecule is CCCOC(=O)C(CCC(C)C)(COCC)C(C)C. The molecule has 19 heavy (non-hydrogen) atoms. The second-order valence-corrected chi connectivity index (χ2v) is 6.02. The van der Waals surface area contributed by atoms with E-state index in [1.807, 2.05) is 13.8 Å². The van der Waals surface area contributed by atoms with Crippen LogP contribution < -0.4 is 0 Å². The van der Waals surface area contributed by atoms with Gasteiger partial charge >= 0.3 is 5.97 Å². The Balaban J connectivity index is 4.94. The molecule has 3 nitrogen and oxygen atoms in total. The largest absolute Gasteiger partial charge is 0.465 e. The van der Waals surface area contributed by atoms with Crippen molar-refractivity contribution in [1.29, 1.82) is 0 Å². The lowest BCUT2D eigenvalue weighted by atomic mass is 9.73. The van der Waals surface area contributed by atoms with Gasteiger partial charge in [-0.1, -0.05) is 34.6 Å². The molecule has 0 rings (SSSR count). The zero-order valence-corrected chi connectivity index (χ0v) is 13.6. The maximum Gasteiger partial charge on any atom is 0.314 e. The monoisotopic (exact) mass is 272 g/mol. The molecular formula is C16H32O3. The molecule has 0 bridgehead atoms. The van der Waals surface area contributed by atoms with Crippen molar-refractivity contribution in [3.63, 3.8) is 0 Å². The number of carbonyl (C=O) groups is 1. The predicted octanol–water partition coefficient (Wildman–Crippen LogP) is 4.05. The Hall–Kier alpha value is -0.570. The van der Waals surface area contributed by atoms with E-state index >= 15 is 0 Å². The first-order valence-electron chi connectivity index (χ1n) is 7.65. The molecule has 0 radical (unpaired) electrons. The fourth-order valence-corrected chi connectivity index (χ4v) is 2.09. The van der Waals surface area contributed by atoms with E-state index in [1.54, 1.807) is 0 Å². The van der Waals surface area contributed by atoms with Gasteiger partial charge in [0.25, 0.3) is 0 Å². The maximum atomic E-state index is 12.5. The van der Waals surface area contributed by atoms with Crippen LogP contribution in [-0.4, -0.2) is 25.8 Å². The number of rotatable bonds is 10. The van der Waals surface area contributed by atoms with Crippen LogP contribution in [0.25, 0.3) is 0 Å². The van der Waals surface area contributed by atoms with Crippen LogP contribution in [-0.2, 0) is 14.3 Å². The first-order chi connectivity index (χ1) is 8.90. The highest BCUT2D eigenvalue weighted by atomic mass is 16.5. The standard InChI is InChI=1S/C16H32O3/c1-7-11-19-15(17)16(14(5)6,12-18-8-2)10-9-13(3)4/h13-14H,7-12H2,1-6H3. The van der Waals surface area contributed by atoms with Crippen molar-refractivity contribution < 1.29 is 14.3 Å². The van der Waals surface area contributed by atoms with Crippen LogP contribution in [0.5, 0.6) is 0 Å². The van der Waals surface area contributed by atoms with Gasteiger partial charge in [-0.3, -0.25) is 4.79 Å². The smallest absolute Gasteiger partial charge is 0.314 e. The molecule has 0 saturated carbocycles. The summed E-state index contributed by atoms with van der Waals surface area (Å²) in [6.07, 6.45) is 2.72. The summed E-state index contributed by atoms with van der Waals surface area (Å²) in [5.41, 5.74) is -0.491. The molecule has 0 aliphatic rings. The van der Waals surface area contributed by atoms with Gasteiger partial charge in [-0.05, 0) is 38.0 Å². The van der Waals surface area contributed by atoms with Crippen molar-refractivity contribution in [2.24, 2.45) is 17.3 Å². The summed E-state index contributed by atoms with van der Waals surface area (Å²) in [6.45, 7) is 14.1. The molecule has 1 unspecified atom stereocenters. The number of ether oxygens (including phenoxy) is 2. The zero-order valence-electron chi connectivity index (χ0n) is 13.6. The molecule has 0 aromatic carbocycles. The fourth-order valence-electron chi connectivity index (χ4n) is 2.09. The van der Waals surface area contributed by atoms with Crippen molar-refractivity contribution in [3.05, 3.63) is 0 Å². The Kier molecular flexibility index (Phi) is 9.07. The normalized spacial score (nSPS) is 14.7. The highest BCUT2D eigenvalue weighted by Crippen LogP contribution is 2.36. The highest BCUT2D eigenvalue weighted by molar-refractivity contribution is 5.77. The molecule has 0 N–H and O–H groups in total. The van der Waals surface area contributed by atoms with E-state index < -0.39 is 5.41 Å². The average Bonchev–Trinajstić information content (AvgIpc) is 2.35. The summed E-state index contributed by atoms with van der Waals surface area (Å²) >= 11 is 0. The van der Waals surface area contributed by atoms with Crippen molar-refractivity contribution >= 4 is 5.97 Å². The summed E-state index contributed by atoms with van der Waals surface area (Å²) in [5.74, 6) is 0.722. The summed E-state index contributed by atoms with van der Waals surface area (Å²) in [6, 6.07) is 0. The second kappa shape index (κ2) is 9.35. The fraction of sp³-hybridized carbons (Fsp3) is 0.938. The van der Waals surface area contributed by atoms with E-state index in [-0.39, 0.29) is 11.9 Å². The Morgan fingerprint density at radius 1 is 1.16 bits per heavy atom. The van der Waals surface area contributed by atoms with Crippen LogP contribution in [0, 0.1) is 17.3 Å². The minimum atomic E-state index is -0.491. The molecule has 3 heteroatoms. The van der Waals surface area contributed by atoms with E-state index in [4.69, 9.17) is 9.47 Å². The maximum absolute atomic E-state index is 12.5. The topological polar surface area (TPSA) is 35.5 Å². The van der Waals surface area contributed by atoms with Gasteiger partial charge in [0.1, 0.15) is 0 Å². The molecule has 0 aromatic rings. The van der Waals surface area contributed by atoms with Crippen molar-refractivity contribution in [3.8, 4) is 0 Å². The summed E-state index contributed by atoms with van der Waals surface area (Å²) < 4.78 is 11.0. The molecule has 0 saturated heterocycles. The van der Waals surface area contributed by atoms with Gasteiger partial charge < -0.3 is 9.47 Å². The van der Waals surface area contributed by atoms with Crippen molar-refractivity contribution in [2.45, 2.75) is 60.8 Å². The summed E-state index contributed by atoms with van der Waals surface area (Å²) in [7, 11) is 0. The molecule has 0 aliphatic heterocycles. The number of carbonyl (C=O) groups excluding carboxylic acids is 1. The van der Waals surface area contributed by atoms with Crippen LogP contribution in [0.15, 0.2) is 0 Å². The van der Waals surface area contributed by atoms with E-state index in [9.17, 15) is 4.79 Å². The Morgan fingerprint density at radius 2 is 1.79 bits per heavy atom. The van der Waals surface area contributed by atoms with Gasteiger partial charge in [0.2, 0.25) is 0 Å². The van der Waals surface area contributed by atoms with Crippen LogP contribution in [0.2, 0.25) is 0 Å². The molecule has 1 atom stereocenters. The second-order valence-electron chi connectivity index (χ2n) is 6.02. The van der Waals surface area contributed by atoms with E-state index in [2.05, 4.69) is 27.7 Å². The number of hydrogen-bond acceptors (Lipinski definition) is 3. The third-order valence-electron chi connectivity index (χ3n) is 3.68. The highest BCUT2D eigenvalue weighted by Gasteiger charge is 2.43. The molecule has 0 aromatic heterocycles. The molecule has 0 aliphatic carbocycles. The zero-order chi connectivity index (χ0) is 14.9. The van der Waals surface area contributed by atoms with Crippen LogP contribution in [0.1, 0.15) is 60.8 Å². The van der Waals surface area contributed by atoms with Gasteiger partial charge in [-0.15, -0.1) is 0 Å². The van der Waals surface area contributed by atoms with E-state index in [0.29, 0.717) is 25.7 Å². The van der Waals surface area contributed by atoms with Gasteiger partial charge in [-0.2, -0.15) is 0 Å². The first-order valence-corrected chi connectivity index (χ1v) is 7.65. The van der Waals surface area contributed by atoms with E-state index in [1.165, 1.54) is 0 Å². The van der Waals surface area contributed by atoms with Crippen molar-refractivity contribution in [2.75, 3.05) is 19.8 Å². The minimum Gasteiger partial charge on any atom is -0.465 e. The van der Waals surface area contributed by atoms with Crippen molar-refractivity contribution in [1.82, 2.24) is 0 Å².